The van der Waals surface area contributed by atoms with E-state index in [0.29, 0.717) is 36.2 Å². The maximum atomic E-state index is 13.1. The number of ether oxygens (including phenoxy) is 1. The van der Waals surface area contributed by atoms with Crippen molar-refractivity contribution in [3.05, 3.63) is 57.6 Å². The molecule has 0 radical (unpaired) electrons. The van der Waals surface area contributed by atoms with Crippen LogP contribution in [0.5, 0.6) is 5.75 Å². The van der Waals surface area contributed by atoms with Crippen LogP contribution >= 0.6 is 23.2 Å². The van der Waals surface area contributed by atoms with Crippen molar-refractivity contribution in [1.29, 1.82) is 0 Å². The topological polar surface area (TPSA) is 66.9 Å². The van der Waals surface area contributed by atoms with Crippen LogP contribution in [0.3, 0.4) is 0 Å². The molecular weight excluding hydrogens is 447 g/mol. The third kappa shape index (κ3) is 5.27. The number of amides is 1. The molecular formula is C21H26Cl2N2O4S. The van der Waals surface area contributed by atoms with Crippen LogP contribution in [0, 0.1) is 0 Å². The third-order valence-electron chi connectivity index (χ3n) is 4.76. The zero-order valence-electron chi connectivity index (χ0n) is 17.5. The van der Waals surface area contributed by atoms with Crippen molar-refractivity contribution in [1.82, 2.24) is 9.21 Å². The summed E-state index contributed by atoms with van der Waals surface area (Å²) in [4.78, 5) is 14.7. The van der Waals surface area contributed by atoms with E-state index in [-0.39, 0.29) is 22.1 Å². The summed E-state index contributed by atoms with van der Waals surface area (Å²) in [6.45, 7) is 6.76. The van der Waals surface area contributed by atoms with Crippen molar-refractivity contribution in [2.45, 2.75) is 32.2 Å². The van der Waals surface area contributed by atoms with Crippen molar-refractivity contribution in [2.75, 3.05) is 26.7 Å². The van der Waals surface area contributed by atoms with Gasteiger partial charge in [0.1, 0.15) is 10.6 Å². The molecule has 0 spiro atoms. The molecule has 0 aliphatic heterocycles. The highest BCUT2D eigenvalue weighted by molar-refractivity contribution is 7.89. The fraction of sp³-hybridized carbons (Fsp3) is 0.381. The van der Waals surface area contributed by atoms with Crippen LogP contribution in [-0.4, -0.2) is 50.3 Å². The summed E-state index contributed by atoms with van der Waals surface area (Å²) in [6.07, 6.45) is 0. The number of halogens is 2. The number of carbonyl (C=O) groups excluding carboxylic acids is 1. The highest BCUT2D eigenvalue weighted by atomic mass is 35.5. The maximum absolute atomic E-state index is 13.1. The van der Waals surface area contributed by atoms with Gasteiger partial charge >= 0.3 is 0 Å². The number of carbonyl (C=O) groups is 1. The third-order valence-corrected chi connectivity index (χ3v) is 7.57. The van der Waals surface area contributed by atoms with E-state index in [0.717, 1.165) is 5.56 Å². The molecule has 0 aliphatic rings. The Morgan fingerprint density at radius 3 is 2.17 bits per heavy atom. The average molecular weight is 473 g/mol. The van der Waals surface area contributed by atoms with Gasteiger partial charge < -0.3 is 9.64 Å². The molecule has 0 atom stereocenters. The summed E-state index contributed by atoms with van der Waals surface area (Å²) >= 11 is 12.0. The van der Waals surface area contributed by atoms with Gasteiger partial charge in [0, 0.05) is 31.7 Å². The smallest absolute Gasteiger partial charge is 0.254 e. The summed E-state index contributed by atoms with van der Waals surface area (Å²) in [7, 11) is -2.39. The second-order valence-electron chi connectivity index (χ2n) is 6.52. The van der Waals surface area contributed by atoms with E-state index in [2.05, 4.69) is 0 Å². The molecule has 0 N–H and O–H groups in total. The Balaban J connectivity index is 2.41. The van der Waals surface area contributed by atoms with Gasteiger partial charge in [0.15, 0.2) is 0 Å². The van der Waals surface area contributed by atoms with Crippen LogP contribution in [0.1, 0.15) is 36.7 Å². The monoisotopic (exact) mass is 472 g/mol. The molecule has 2 aromatic rings. The maximum Gasteiger partial charge on any atom is 0.254 e. The lowest BCUT2D eigenvalue weighted by atomic mass is 10.1. The quantitative estimate of drug-likeness (QED) is 0.530. The van der Waals surface area contributed by atoms with E-state index in [9.17, 15) is 13.2 Å². The second kappa shape index (κ2) is 10.5. The zero-order chi connectivity index (χ0) is 22.5. The minimum absolute atomic E-state index is 0.0230. The number of nitrogens with zero attached hydrogens (tertiary/aromatic N) is 2. The van der Waals surface area contributed by atoms with Crippen molar-refractivity contribution >= 4 is 39.1 Å². The number of hydrogen-bond donors (Lipinski definition) is 0. The molecule has 30 heavy (non-hydrogen) atoms. The zero-order valence-corrected chi connectivity index (χ0v) is 19.8. The van der Waals surface area contributed by atoms with E-state index in [1.165, 1.54) is 23.5 Å². The molecule has 9 heteroatoms. The molecule has 0 aliphatic carbocycles. The lowest BCUT2D eigenvalue weighted by Gasteiger charge is -2.23. The van der Waals surface area contributed by atoms with Crippen LogP contribution in [0.25, 0.3) is 0 Å². The highest BCUT2D eigenvalue weighted by Crippen LogP contribution is 2.29. The van der Waals surface area contributed by atoms with Gasteiger partial charge in [-0.2, -0.15) is 4.31 Å². The first kappa shape index (κ1) is 24.5. The van der Waals surface area contributed by atoms with Crippen LogP contribution < -0.4 is 4.74 Å². The molecule has 164 valence electrons. The predicted molar refractivity (Wildman–Crippen MR) is 120 cm³/mol. The van der Waals surface area contributed by atoms with E-state index in [1.54, 1.807) is 43.0 Å². The van der Waals surface area contributed by atoms with Gasteiger partial charge in [0.05, 0.1) is 17.2 Å². The van der Waals surface area contributed by atoms with Gasteiger partial charge in [-0.25, -0.2) is 8.42 Å². The minimum atomic E-state index is -3.80. The number of rotatable bonds is 9. The molecule has 0 aromatic heterocycles. The molecule has 0 saturated heterocycles. The molecule has 0 saturated carbocycles. The van der Waals surface area contributed by atoms with Gasteiger partial charge in [-0.15, -0.1) is 0 Å². The summed E-state index contributed by atoms with van der Waals surface area (Å²) in [5.41, 5.74) is 1.09. The normalized spacial score (nSPS) is 11.6. The van der Waals surface area contributed by atoms with Crippen LogP contribution in [-0.2, 0) is 16.6 Å². The molecule has 0 bridgehead atoms. The molecule has 0 unspecified atom stereocenters. The molecule has 0 heterocycles. The van der Waals surface area contributed by atoms with E-state index in [1.807, 2.05) is 6.92 Å². The lowest BCUT2D eigenvalue weighted by Crippen LogP contribution is -2.32. The predicted octanol–water partition coefficient (Wildman–Crippen LogP) is 4.69. The SMILES string of the molecule is CCN(Cc1ccc(Cl)c(Cl)c1)C(=O)c1ccc(OC)c(S(=O)(=O)N(CC)CC)c1. The van der Waals surface area contributed by atoms with Gasteiger partial charge in [-0.1, -0.05) is 43.1 Å². The molecule has 1 amide bonds. The lowest BCUT2D eigenvalue weighted by molar-refractivity contribution is 0.0752. The van der Waals surface area contributed by atoms with Crippen LogP contribution in [0.15, 0.2) is 41.3 Å². The van der Waals surface area contributed by atoms with Crippen molar-refractivity contribution in [3.8, 4) is 5.75 Å². The first-order chi connectivity index (χ1) is 14.2. The number of sulfonamides is 1. The van der Waals surface area contributed by atoms with E-state index >= 15 is 0 Å². The molecule has 2 aromatic carbocycles. The Labute approximate surface area is 188 Å². The van der Waals surface area contributed by atoms with Gasteiger partial charge in [0.2, 0.25) is 10.0 Å². The number of benzene rings is 2. The molecule has 2 rings (SSSR count). The Morgan fingerprint density at radius 2 is 1.63 bits per heavy atom. The van der Waals surface area contributed by atoms with Gasteiger partial charge in [0.25, 0.3) is 5.91 Å². The molecule has 6 nitrogen and oxygen atoms in total. The first-order valence-electron chi connectivity index (χ1n) is 9.60. The van der Waals surface area contributed by atoms with Gasteiger partial charge in [-0.3, -0.25) is 4.79 Å². The fourth-order valence-electron chi connectivity index (χ4n) is 3.08. The van der Waals surface area contributed by atoms with Crippen LogP contribution in [0.4, 0.5) is 0 Å². The fourth-order valence-corrected chi connectivity index (χ4v) is 5.04. The Bertz CT molecular complexity index is 1010. The van der Waals surface area contributed by atoms with E-state index in [4.69, 9.17) is 27.9 Å². The standard InChI is InChI=1S/C21H26Cl2N2O4S/c1-5-24(14-15-8-10-17(22)18(23)12-15)21(26)16-9-11-19(29-4)20(13-16)30(27,28)25(6-2)7-3/h8-13H,5-7,14H2,1-4H3. The summed E-state index contributed by atoms with van der Waals surface area (Å²) in [6, 6.07) is 9.65. The van der Waals surface area contributed by atoms with Crippen molar-refractivity contribution in [2.24, 2.45) is 0 Å². The van der Waals surface area contributed by atoms with E-state index < -0.39 is 10.0 Å². The average Bonchev–Trinajstić information content (AvgIpc) is 2.74. The Morgan fingerprint density at radius 1 is 0.967 bits per heavy atom. The summed E-state index contributed by atoms with van der Waals surface area (Å²) in [5, 5.41) is 0.853. The van der Waals surface area contributed by atoms with Crippen LogP contribution in [0.2, 0.25) is 10.0 Å². The largest absolute Gasteiger partial charge is 0.495 e. The second-order valence-corrected chi connectivity index (χ2v) is 9.24. The summed E-state index contributed by atoms with van der Waals surface area (Å²) < 4.78 is 32.7. The van der Waals surface area contributed by atoms with Gasteiger partial charge in [-0.05, 0) is 42.8 Å². The summed E-state index contributed by atoms with van der Waals surface area (Å²) in [5.74, 6) is -0.0896. The van der Waals surface area contributed by atoms with Crippen molar-refractivity contribution in [3.63, 3.8) is 0 Å². The number of hydrogen-bond acceptors (Lipinski definition) is 4. The molecule has 0 fully saturated rings. The number of methoxy groups -OCH3 is 1. The highest BCUT2D eigenvalue weighted by Gasteiger charge is 2.27. The minimum Gasteiger partial charge on any atom is -0.495 e. The Hall–Kier alpha value is -1.80. The Kier molecular flexibility index (Phi) is 8.55. The first-order valence-corrected chi connectivity index (χ1v) is 11.8. The van der Waals surface area contributed by atoms with Crippen molar-refractivity contribution < 1.29 is 17.9 Å².